The molecular weight excluding hydrogens is 275 g/mol. The van der Waals surface area contributed by atoms with Crippen molar-refractivity contribution >= 4 is 17.3 Å². The number of rotatable bonds is 3. The van der Waals surface area contributed by atoms with Gasteiger partial charge >= 0.3 is 0 Å². The molecule has 18 heavy (non-hydrogen) atoms. The number of non-ortho nitro benzene ring substituents is 1. The smallest absolute Gasteiger partial charge is 0.269 e. The van der Waals surface area contributed by atoms with Gasteiger partial charge in [0.15, 0.2) is 18.9 Å². The molecule has 2 rings (SSSR count). The summed E-state index contributed by atoms with van der Waals surface area (Å²) in [6, 6.07) is 10.1. The van der Waals surface area contributed by atoms with Crippen LogP contribution in [0.25, 0.3) is 0 Å². The predicted molar refractivity (Wildman–Crippen MR) is 63.8 cm³/mol. The highest BCUT2D eigenvalue weighted by atomic mass is 35.5. The molecular formula is C12H10Cl2N2O2. The van der Waals surface area contributed by atoms with E-state index in [1.165, 1.54) is 12.1 Å². The van der Waals surface area contributed by atoms with E-state index in [-0.39, 0.29) is 18.1 Å². The van der Waals surface area contributed by atoms with Gasteiger partial charge in [-0.25, -0.2) is 4.57 Å². The van der Waals surface area contributed by atoms with E-state index in [0.717, 1.165) is 5.56 Å². The van der Waals surface area contributed by atoms with Crippen LogP contribution < -0.4 is 17.0 Å². The summed E-state index contributed by atoms with van der Waals surface area (Å²) in [6.45, 7) is 0.662. The van der Waals surface area contributed by atoms with Crippen LogP contribution >= 0.6 is 11.6 Å². The van der Waals surface area contributed by atoms with Crippen molar-refractivity contribution in [1.29, 1.82) is 0 Å². The Kier molecular flexibility index (Phi) is 5.07. The van der Waals surface area contributed by atoms with E-state index in [1.54, 1.807) is 24.3 Å². The lowest BCUT2D eigenvalue weighted by atomic mass is 10.2. The zero-order valence-corrected chi connectivity index (χ0v) is 10.8. The number of aromatic nitrogens is 1. The number of hydrogen-bond acceptors (Lipinski definition) is 2. The summed E-state index contributed by atoms with van der Waals surface area (Å²) < 4.78 is 1.95. The summed E-state index contributed by atoms with van der Waals surface area (Å²) in [5.74, 6) is 0. The van der Waals surface area contributed by atoms with E-state index in [1.807, 2.05) is 17.0 Å². The molecule has 0 N–H and O–H groups in total. The molecule has 0 aliphatic rings. The average molecular weight is 285 g/mol. The van der Waals surface area contributed by atoms with Crippen molar-refractivity contribution in [2.24, 2.45) is 0 Å². The highest BCUT2D eigenvalue weighted by Gasteiger charge is 2.06. The first-order valence-corrected chi connectivity index (χ1v) is 5.41. The Labute approximate surface area is 115 Å². The number of hydrogen-bond donors (Lipinski definition) is 0. The summed E-state index contributed by atoms with van der Waals surface area (Å²) in [7, 11) is 0. The van der Waals surface area contributed by atoms with E-state index < -0.39 is 4.92 Å². The molecule has 0 saturated carbocycles. The number of nitro benzene ring substituents is 1. The van der Waals surface area contributed by atoms with Crippen molar-refractivity contribution in [2.45, 2.75) is 6.54 Å². The van der Waals surface area contributed by atoms with Crippen LogP contribution in [0.2, 0.25) is 5.02 Å². The minimum atomic E-state index is -0.404. The van der Waals surface area contributed by atoms with Crippen LogP contribution in [0.4, 0.5) is 5.69 Å². The monoisotopic (exact) mass is 284 g/mol. The lowest BCUT2D eigenvalue weighted by Crippen LogP contribution is -3.00. The van der Waals surface area contributed by atoms with E-state index in [0.29, 0.717) is 11.6 Å². The third-order valence-corrected chi connectivity index (χ3v) is 2.61. The number of nitro groups is 1. The highest BCUT2D eigenvalue weighted by Crippen LogP contribution is 2.11. The molecule has 1 aromatic carbocycles. The van der Waals surface area contributed by atoms with Gasteiger partial charge in [0.05, 0.1) is 9.95 Å². The molecule has 4 nitrogen and oxygen atoms in total. The molecule has 0 aliphatic heterocycles. The van der Waals surface area contributed by atoms with Crippen LogP contribution in [0, 0.1) is 10.1 Å². The van der Waals surface area contributed by atoms with E-state index >= 15 is 0 Å². The maximum absolute atomic E-state index is 10.5. The number of pyridine rings is 1. The Hall–Kier alpha value is -1.65. The summed E-state index contributed by atoms with van der Waals surface area (Å²) >= 11 is 5.78. The first kappa shape index (κ1) is 14.4. The average Bonchev–Trinajstić information content (AvgIpc) is 2.33. The maximum Gasteiger partial charge on any atom is 0.269 e. The Morgan fingerprint density at radius 1 is 1.11 bits per heavy atom. The largest absolute Gasteiger partial charge is 1.00 e. The minimum Gasteiger partial charge on any atom is -1.00 e. The summed E-state index contributed by atoms with van der Waals surface area (Å²) in [5.41, 5.74) is 1.11. The molecule has 94 valence electrons. The fraction of sp³-hybridized carbons (Fsp3) is 0.0833. The van der Waals surface area contributed by atoms with Crippen LogP contribution in [-0.4, -0.2) is 4.92 Å². The van der Waals surface area contributed by atoms with Crippen molar-refractivity contribution in [1.82, 2.24) is 0 Å². The normalized spacial score (nSPS) is 9.61. The van der Waals surface area contributed by atoms with E-state index in [2.05, 4.69) is 0 Å². The first-order chi connectivity index (χ1) is 8.15. The number of halogens is 2. The number of nitrogens with zero attached hydrogens (tertiary/aromatic N) is 2. The summed E-state index contributed by atoms with van der Waals surface area (Å²) in [5, 5.41) is 11.2. The number of benzene rings is 1. The molecule has 0 atom stereocenters. The predicted octanol–water partition coefficient (Wildman–Crippen LogP) is -0.412. The second kappa shape index (κ2) is 6.33. The van der Waals surface area contributed by atoms with Gasteiger partial charge in [0, 0.05) is 29.8 Å². The van der Waals surface area contributed by atoms with Crippen molar-refractivity contribution < 1.29 is 21.9 Å². The lowest BCUT2D eigenvalue weighted by Gasteiger charge is -1.97. The summed E-state index contributed by atoms with van der Waals surface area (Å²) in [4.78, 5) is 10.1. The third kappa shape index (κ3) is 3.68. The zero-order chi connectivity index (χ0) is 12.3. The zero-order valence-electron chi connectivity index (χ0n) is 9.29. The van der Waals surface area contributed by atoms with Crippen LogP contribution in [0.15, 0.2) is 48.8 Å². The SMILES string of the molecule is O=[N+]([O-])c1ccc(C[n+]2ccc(Cl)cc2)cc1.[Cl-]. The van der Waals surface area contributed by atoms with Crippen LogP contribution in [0.3, 0.4) is 0 Å². The van der Waals surface area contributed by atoms with Gasteiger partial charge in [-0.15, -0.1) is 0 Å². The molecule has 0 radical (unpaired) electrons. The molecule has 0 aliphatic carbocycles. The van der Waals surface area contributed by atoms with E-state index in [9.17, 15) is 10.1 Å². The van der Waals surface area contributed by atoms with Crippen molar-refractivity contribution in [2.75, 3.05) is 0 Å². The lowest BCUT2D eigenvalue weighted by molar-refractivity contribution is -0.688. The van der Waals surface area contributed by atoms with Gasteiger partial charge < -0.3 is 12.4 Å². The van der Waals surface area contributed by atoms with E-state index in [4.69, 9.17) is 11.6 Å². The fourth-order valence-electron chi connectivity index (χ4n) is 1.48. The van der Waals surface area contributed by atoms with Gasteiger partial charge in [-0.1, -0.05) is 11.6 Å². The molecule has 0 bridgehead atoms. The Balaban J connectivity index is 0.00000162. The molecule has 1 aromatic heterocycles. The van der Waals surface area contributed by atoms with Crippen LogP contribution in [0.1, 0.15) is 5.56 Å². The van der Waals surface area contributed by atoms with Crippen molar-refractivity contribution in [3.05, 3.63) is 69.5 Å². The molecule has 0 amide bonds. The molecule has 1 heterocycles. The second-order valence-electron chi connectivity index (χ2n) is 3.61. The fourth-order valence-corrected chi connectivity index (χ4v) is 1.59. The van der Waals surface area contributed by atoms with Gasteiger partial charge in [0.25, 0.3) is 5.69 Å². The molecule has 0 spiro atoms. The van der Waals surface area contributed by atoms with Gasteiger partial charge in [0.2, 0.25) is 0 Å². The summed E-state index contributed by atoms with van der Waals surface area (Å²) in [6.07, 6.45) is 3.73. The topological polar surface area (TPSA) is 47.0 Å². The Morgan fingerprint density at radius 3 is 2.17 bits per heavy atom. The Morgan fingerprint density at radius 2 is 1.67 bits per heavy atom. The standard InChI is InChI=1S/C12H10ClN2O2.ClH/c13-11-5-7-14(8-6-11)9-10-1-3-12(4-2-10)15(16)17;/h1-8H,9H2;1H/q+1;/p-1. The van der Waals surface area contributed by atoms with Gasteiger partial charge in [0.1, 0.15) is 0 Å². The maximum atomic E-state index is 10.5. The molecule has 0 unspecified atom stereocenters. The molecule has 0 fully saturated rings. The second-order valence-corrected chi connectivity index (χ2v) is 4.05. The van der Waals surface area contributed by atoms with Crippen molar-refractivity contribution in [3.8, 4) is 0 Å². The third-order valence-electron chi connectivity index (χ3n) is 2.36. The van der Waals surface area contributed by atoms with Gasteiger partial charge in [-0.05, 0) is 12.1 Å². The van der Waals surface area contributed by atoms with Gasteiger partial charge in [-0.3, -0.25) is 10.1 Å². The first-order valence-electron chi connectivity index (χ1n) is 5.03. The van der Waals surface area contributed by atoms with Gasteiger partial charge in [-0.2, -0.15) is 0 Å². The molecule has 0 saturated heterocycles. The van der Waals surface area contributed by atoms with Crippen LogP contribution in [-0.2, 0) is 6.54 Å². The Bertz CT molecular complexity index is 527. The van der Waals surface area contributed by atoms with Crippen molar-refractivity contribution in [3.63, 3.8) is 0 Å². The van der Waals surface area contributed by atoms with Crippen LogP contribution in [0.5, 0.6) is 0 Å². The minimum absolute atomic E-state index is 0. The molecule has 6 heteroatoms. The highest BCUT2D eigenvalue weighted by molar-refractivity contribution is 6.30. The molecule has 2 aromatic rings. The quantitative estimate of drug-likeness (QED) is 0.437.